The lowest BCUT2D eigenvalue weighted by Gasteiger charge is -2.29. The predicted octanol–water partition coefficient (Wildman–Crippen LogP) is 2.42. The van der Waals surface area contributed by atoms with E-state index in [0.717, 1.165) is 42.2 Å². The molecule has 2 aliphatic rings. The maximum atomic E-state index is 12.9. The van der Waals surface area contributed by atoms with Crippen LogP contribution < -0.4 is 4.90 Å². The Balaban J connectivity index is 1.49. The fourth-order valence-corrected chi connectivity index (χ4v) is 4.16. The Morgan fingerprint density at radius 2 is 1.90 bits per heavy atom. The van der Waals surface area contributed by atoms with Crippen molar-refractivity contribution >= 4 is 17.5 Å². The summed E-state index contributed by atoms with van der Waals surface area (Å²) < 4.78 is 0. The molecule has 2 aromatic rings. The summed E-state index contributed by atoms with van der Waals surface area (Å²) in [7, 11) is 3.96. The lowest BCUT2D eigenvalue weighted by atomic mass is 10.0. The van der Waals surface area contributed by atoms with Crippen LogP contribution in [0.3, 0.4) is 0 Å². The van der Waals surface area contributed by atoms with E-state index in [0.29, 0.717) is 25.1 Å². The smallest absolute Gasteiger partial charge is 0.254 e. The molecule has 1 fully saturated rings. The van der Waals surface area contributed by atoms with Crippen molar-refractivity contribution in [3.8, 4) is 0 Å². The summed E-state index contributed by atoms with van der Waals surface area (Å²) in [5.74, 6) is 0.838. The molecule has 7 heteroatoms. The number of nitrogens with zero attached hydrogens (tertiary/aromatic N) is 5. The van der Waals surface area contributed by atoms with E-state index in [1.165, 1.54) is 0 Å². The Labute approximate surface area is 171 Å². The van der Waals surface area contributed by atoms with E-state index in [1.54, 1.807) is 6.92 Å². The lowest BCUT2D eigenvalue weighted by Crippen LogP contribution is -2.37. The maximum Gasteiger partial charge on any atom is 0.254 e. The SMILES string of the molecule is CC(=O)N1CCC[C@H]1c1ncc2c(n1)CCN(C(=O)c1ccc(N(C)C)cc1)C2. The molecule has 1 saturated heterocycles. The molecule has 4 rings (SSSR count). The van der Waals surface area contributed by atoms with Crippen LogP contribution in [0.25, 0.3) is 0 Å². The molecule has 1 atom stereocenters. The van der Waals surface area contributed by atoms with Crippen molar-refractivity contribution in [3.63, 3.8) is 0 Å². The minimum Gasteiger partial charge on any atom is -0.378 e. The zero-order valence-electron chi connectivity index (χ0n) is 17.3. The molecule has 0 spiro atoms. The number of rotatable bonds is 3. The number of likely N-dealkylation sites (tertiary alicyclic amines) is 1. The van der Waals surface area contributed by atoms with E-state index < -0.39 is 0 Å². The van der Waals surface area contributed by atoms with Gasteiger partial charge in [-0.3, -0.25) is 9.59 Å². The first kappa shape index (κ1) is 19.4. The van der Waals surface area contributed by atoms with Crippen molar-refractivity contribution in [3.05, 3.63) is 53.1 Å². The van der Waals surface area contributed by atoms with Gasteiger partial charge in [-0.15, -0.1) is 0 Å². The number of carbonyl (C=O) groups excluding carboxylic acids is 2. The van der Waals surface area contributed by atoms with Gasteiger partial charge >= 0.3 is 0 Å². The van der Waals surface area contributed by atoms with E-state index in [2.05, 4.69) is 4.98 Å². The molecule has 2 amide bonds. The highest BCUT2D eigenvalue weighted by Crippen LogP contribution is 2.31. The largest absolute Gasteiger partial charge is 0.378 e. The quantitative estimate of drug-likeness (QED) is 0.801. The van der Waals surface area contributed by atoms with E-state index in [9.17, 15) is 9.59 Å². The molecular formula is C22H27N5O2. The van der Waals surface area contributed by atoms with Crippen LogP contribution >= 0.6 is 0 Å². The third-order valence-corrected chi connectivity index (χ3v) is 5.83. The molecule has 0 aliphatic carbocycles. The molecule has 0 radical (unpaired) electrons. The minimum absolute atomic E-state index is 0.0207. The third-order valence-electron chi connectivity index (χ3n) is 5.83. The summed E-state index contributed by atoms with van der Waals surface area (Å²) in [6.07, 6.45) is 4.44. The summed E-state index contributed by atoms with van der Waals surface area (Å²) in [4.78, 5) is 39.8. The highest BCUT2D eigenvalue weighted by Gasteiger charge is 2.31. The summed E-state index contributed by atoms with van der Waals surface area (Å²) >= 11 is 0. The minimum atomic E-state index is -0.0207. The highest BCUT2D eigenvalue weighted by atomic mass is 16.2. The van der Waals surface area contributed by atoms with E-state index >= 15 is 0 Å². The number of benzene rings is 1. The second kappa shape index (κ2) is 7.81. The van der Waals surface area contributed by atoms with Crippen LogP contribution in [0.2, 0.25) is 0 Å². The molecule has 0 bridgehead atoms. The molecule has 0 N–H and O–H groups in total. The number of fused-ring (bicyclic) bond motifs is 1. The van der Waals surface area contributed by atoms with Gasteiger partial charge in [-0.05, 0) is 37.1 Å². The topological polar surface area (TPSA) is 69.6 Å². The molecule has 152 valence electrons. The molecule has 0 unspecified atom stereocenters. The molecular weight excluding hydrogens is 366 g/mol. The van der Waals surface area contributed by atoms with Crippen molar-refractivity contribution in [1.82, 2.24) is 19.8 Å². The number of anilines is 1. The van der Waals surface area contributed by atoms with Crippen molar-refractivity contribution < 1.29 is 9.59 Å². The van der Waals surface area contributed by atoms with Crippen LogP contribution in [0.4, 0.5) is 5.69 Å². The predicted molar refractivity (Wildman–Crippen MR) is 111 cm³/mol. The molecule has 0 saturated carbocycles. The fraction of sp³-hybridized carbons (Fsp3) is 0.455. The average molecular weight is 393 g/mol. The van der Waals surface area contributed by atoms with Gasteiger partial charge in [0.15, 0.2) is 5.82 Å². The molecule has 1 aromatic heterocycles. The van der Waals surface area contributed by atoms with Gasteiger partial charge in [-0.2, -0.15) is 0 Å². The Morgan fingerprint density at radius 3 is 2.59 bits per heavy atom. The van der Waals surface area contributed by atoms with Crippen LogP contribution in [-0.4, -0.2) is 58.8 Å². The van der Waals surface area contributed by atoms with Crippen LogP contribution in [-0.2, 0) is 17.8 Å². The van der Waals surface area contributed by atoms with Gasteiger partial charge in [0, 0.05) is 70.1 Å². The van der Waals surface area contributed by atoms with Crippen LogP contribution in [0.1, 0.15) is 53.2 Å². The summed E-state index contributed by atoms with van der Waals surface area (Å²) in [6, 6.07) is 7.66. The normalized spacial score (nSPS) is 18.5. The first-order chi connectivity index (χ1) is 13.9. The van der Waals surface area contributed by atoms with Crippen LogP contribution in [0.5, 0.6) is 0 Å². The van der Waals surface area contributed by atoms with Crippen molar-refractivity contribution in [2.45, 2.75) is 38.8 Å². The zero-order valence-corrected chi connectivity index (χ0v) is 17.3. The number of aromatic nitrogens is 2. The summed E-state index contributed by atoms with van der Waals surface area (Å²) in [5.41, 5.74) is 3.75. The second-order valence-corrected chi connectivity index (χ2v) is 7.99. The average Bonchev–Trinajstić information content (AvgIpc) is 3.23. The fourth-order valence-electron chi connectivity index (χ4n) is 4.16. The standard InChI is InChI=1S/C22H27N5O2/c1-15(28)27-11-4-5-20(27)21-23-13-17-14-26(12-10-19(17)24-21)22(29)16-6-8-18(9-7-16)25(2)3/h6-9,13,20H,4-5,10-12,14H2,1-3H3/t20-/m0/s1. The van der Waals surface area contributed by atoms with Gasteiger partial charge < -0.3 is 14.7 Å². The zero-order chi connectivity index (χ0) is 20.5. The van der Waals surface area contributed by atoms with Gasteiger partial charge in [0.25, 0.3) is 5.91 Å². The molecule has 29 heavy (non-hydrogen) atoms. The Hall–Kier alpha value is -2.96. The van der Waals surface area contributed by atoms with E-state index in [4.69, 9.17) is 4.98 Å². The van der Waals surface area contributed by atoms with Crippen molar-refractivity contribution in [2.75, 3.05) is 32.1 Å². The molecule has 3 heterocycles. The highest BCUT2D eigenvalue weighted by molar-refractivity contribution is 5.94. The van der Waals surface area contributed by atoms with Gasteiger partial charge in [-0.25, -0.2) is 9.97 Å². The second-order valence-electron chi connectivity index (χ2n) is 7.99. The first-order valence-electron chi connectivity index (χ1n) is 10.1. The molecule has 7 nitrogen and oxygen atoms in total. The Morgan fingerprint density at radius 1 is 1.14 bits per heavy atom. The number of hydrogen-bond acceptors (Lipinski definition) is 5. The van der Waals surface area contributed by atoms with Crippen LogP contribution in [0, 0.1) is 0 Å². The lowest BCUT2D eigenvalue weighted by molar-refractivity contribution is -0.129. The molecule has 2 aliphatic heterocycles. The van der Waals surface area contributed by atoms with Gasteiger partial charge in [0.2, 0.25) is 5.91 Å². The monoisotopic (exact) mass is 393 g/mol. The van der Waals surface area contributed by atoms with E-state index in [-0.39, 0.29) is 17.9 Å². The first-order valence-corrected chi connectivity index (χ1v) is 10.1. The number of amides is 2. The summed E-state index contributed by atoms with van der Waals surface area (Å²) in [6.45, 7) is 3.53. The number of carbonyl (C=O) groups is 2. The van der Waals surface area contributed by atoms with Crippen molar-refractivity contribution in [2.24, 2.45) is 0 Å². The van der Waals surface area contributed by atoms with Crippen LogP contribution in [0.15, 0.2) is 30.5 Å². The Bertz CT molecular complexity index is 925. The molecule has 1 aromatic carbocycles. The number of hydrogen-bond donors (Lipinski definition) is 0. The Kier molecular flexibility index (Phi) is 5.22. The summed E-state index contributed by atoms with van der Waals surface area (Å²) in [5, 5.41) is 0. The van der Waals surface area contributed by atoms with Crippen molar-refractivity contribution in [1.29, 1.82) is 0 Å². The van der Waals surface area contributed by atoms with Gasteiger partial charge in [0.05, 0.1) is 11.7 Å². The third kappa shape index (κ3) is 3.81. The van der Waals surface area contributed by atoms with E-state index in [1.807, 2.05) is 59.3 Å². The maximum absolute atomic E-state index is 12.9. The van der Waals surface area contributed by atoms with Gasteiger partial charge in [-0.1, -0.05) is 0 Å². The van der Waals surface area contributed by atoms with Gasteiger partial charge in [0.1, 0.15) is 0 Å².